The van der Waals surface area contributed by atoms with Gasteiger partial charge < -0.3 is 14.6 Å². The molecule has 25 heavy (non-hydrogen) atoms. The summed E-state index contributed by atoms with van der Waals surface area (Å²) in [6.45, 7) is 2.05. The second-order valence-corrected chi connectivity index (χ2v) is 5.54. The maximum Gasteiger partial charge on any atom is 0.258 e. The highest BCUT2D eigenvalue weighted by molar-refractivity contribution is 5.77. The number of ether oxygens (including phenoxy) is 1. The van der Waals surface area contributed by atoms with Crippen LogP contribution in [0.25, 0.3) is 11.3 Å². The molecule has 2 aromatic carbocycles. The van der Waals surface area contributed by atoms with Gasteiger partial charge in [0.2, 0.25) is 0 Å². The van der Waals surface area contributed by atoms with Crippen LogP contribution in [-0.2, 0) is 11.3 Å². The van der Waals surface area contributed by atoms with Crippen LogP contribution < -0.4 is 10.1 Å². The van der Waals surface area contributed by atoms with E-state index < -0.39 is 0 Å². The Hall–Kier alpha value is -3.15. The van der Waals surface area contributed by atoms with Crippen molar-refractivity contribution in [2.24, 2.45) is 0 Å². The first kappa shape index (κ1) is 16.7. The third-order valence-corrected chi connectivity index (χ3v) is 3.56. The number of amides is 1. The van der Waals surface area contributed by atoms with Crippen LogP contribution in [0, 0.1) is 12.7 Å². The number of rotatable bonds is 6. The van der Waals surface area contributed by atoms with Gasteiger partial charge >= 0.3 is 0 Å². The first-order valence-electron chi connectivity index (χ1n) is 7.78. The van der Waals surface area contributed by atoms with Crippen LogP contribution >= 0.6 is 0 Å². The van der Waals surface area contributed by atoms with E-state index in [1.807, 2.05) is 19.1 Å². The van der Waals surface area contributed by atoms with Crippen molar-refractivity contribution in [2.45, 2.75) is 13.5 Å². The number of benzene rings is 2. The third-order valence-electron chi connectivity index (χ3n) is 3.56. The lowest BCUT2D eigenvalue weighted by atomic mass is 10.1. The van der Waals surface area contributed by atoms with Gasteiger partial charge in [-0.05, 0) is 31.2 Å². The van der Waals surface area contributed by atoms with E-state index in [1.165, 1.54) is 6.07 Å². The maximum absolute atomic E-state index is 13.7. The molecule has 1 N–H and O–H groups in total. The standard InChI is InChI=1S/C19H17FN2O3/c1-13-6-8-15(9-7-13)24-12-19(23)21-11-14-10-18(25-22-14)16-4-2-3-5-17(16)20/h2-10H,11-12H2,1H3,(H,21,23). The summed E-state index contributed by atoms with van der Waals surface area (Å²) in [5.41, 5.74) is 1.95. The molecule has 1 aromatic heterocycles. The molecule has 0 radical (unpaired) electrons. The van der Waals surface area contributed by atoms with Crippen LogP contribution in [0.15, 0.2) is 59.1 Å². The number of aromatic nitrogens is 1. The Labute approximate surface area is 144 Å². The number of carbonyl (C=O) groups is 1. The predicted octanol–water partition coefficient (Wildman–Crippen LogP) is 3.48. The summed E-state index contributed by atoms with van der Waals surface area (Å²) >= 11 is 0. The normalized spacial score (nSPS) is 10.5. The molecule has 0 bridgehead atoms. The summed E-state index contributed by atoms with van der Waals surface area (Å²) in [6, 6.07) is 15.3. The lowest BCUT2D eigenvalue weighted by Crippen LogP contribution is -2.28. The average Bonchev–Trinajstić information content (AvgIpc) is 3.08. The number of nitrogens with zero attached hydrogens (tertiary/aromatic N) is 1. The van der Waals surface area contributed by atoms with Crippen molar-refractivity contribution in [2.75, 3.05) is 6.61 Å². The van der Waals surface area contributed by atoms with Gasteiger partial charge in [-0.3, -0.25) is 4.79 Å². The van der Waals surface area contributed by atoms with E-state index in [0.29, 0.717) is 22.8 Å². The lowest BCUT2D eigenvalue weighted by Gasteiger charge is -2.06. The molecule has 0 aliphatic carbocycles. The summed E-state index contributed by atoms with van der Waals surface area (Å²) in [6.07, 6.45) is 0. The van der Waals surface area contributed by atoms with E-state index in [2.05, 4.69) is 10.5 Å². The summed E-state index contributed by atoms with van der Waals surface area (Å²) in [4.78, 5) is 11.8. The van der Waals surface area contributed by atoms with Gasteiger partial charge in [-0.1, -0.05) is 35.0 Å². The van der Waals surface area contributed by atoms with Crippen LogP contribution in [0.3, 0.4) is 0 Å². The predicted molar refractivity (Wildman–Crippen MR) is 90.4 cm³/mol. The van der Waals surface area contributed by atoms with Crippen LogP contribution in [0.1, 0.15) is 11.3 Å². The van der Waals surface area contributed by atoms with Crippen LogP contribution in [0.2, 0.25) is 0 Å². The minimum Gasteiger partial charge on any atom is -0.484 e. The minimum absolute atomic E-state index is 0.0961. The lowest BCUT2D eigenvalue weighted by molar-refractivity contribution is -0.123. The molecule has 0 aliphatic rings. The van der Waals surface area contributed by atoms with Gasteiger partial charge in [0.1, 0.15) is 17.3 Å². The molecule has 1 heterocycles. The molecule has 0 fully saturated rings. The highest BCUT2D eigenvalue weighted by Crippen LogP contribution is 2.23. The zero-order valence-electron chi connectivity index (χ0n) is 13.7. The van der Waals surface area contributed by atoms with Crippen LogP contribution in [0.5, 0.6) is 5.75 Å². The molecule has 5 nitrogen and oxygen atoms in total. The summed E-state index contributed by atoms with van der Waals surface area (Å²) < 4.78 is 24.2. The Morgan fingerprint density at radius 3 is 2.72 bits per heavy atom. The van der Waals surface area contributed by atoms with E-state index >= 15 is 0 Å². The molecule has 6 heteroatoms. The Morgan fingerprint density at radius 2 is 1.96 bits per heavy atom. The van der Waals surface area contributed by atoms with Crippen LogP contribution in [-0.4, -0.2) is 17.7 Å². The topological polar surface area (TPSA) is 64.4 Å². The van der Waals surface area contributed by atoms with Crippen LogP contribution in [0.4, 0.5) is 4.39 Å². The zero-order chi connectivity index (χ0) is 17.6. The number of hydrogen-bond acceptors (Lipinski definition) is 4. The van der Waals surface area contributed by atoms with Crippen molar-refractivity contribution in [1.29, 1.82) is 0 Å². The van der Waals surface area contributed by atoms with Crippen molar-refractivity contribution < 1.29 is 18.4 Å². The number of nitrogens with one attached hydrogen (secondary N) is 1. The fourth-order valence-corrected chi connectivity index (χ4v) is 2.21. The van der Waals surface area contributed by atoms with Gasteiger partial charge in [0.25, 0.3) is 5.91 Å². The largest absolute Gasteiger partial charge is 0.484 e. The zero-order valence-corrected chi connectivity index (χ0v) is 13.7. The molecule has 128 valence electrons. The van der Waals surface area contributed by atoms with E-state index in [0.717, 1.165) is 5.56 Å². The quantitative estimate of drug-likeness (QED) is 0.746. The highest BCUT2D eigenvalue weighted by atomic mass is 19.1. The molecular formula is C19H17FN2O3. The Bertz CT molecular complexity index is 859. The van der Waals surface area contributed by atoms with E-state index in [1.54, 1.807) is 36.4 Å². The first-order valence-corrected chi connectivity index (χ1v) is 7.78. The van der Waals surface area contributed by atoms with Gasteiger partial charge in [0.15, 0.2) is 12.4 Å². The molecular weight excluding hydrogens is 323 g/mol. The number of hydrogen-bond donors (Lipinski definition) is 1. The molecule has 0 spiro atoms. The SMILES string of the molecule is Cc1ccc(OCC(=O)NCc2cc(-c3ccccc3F)on2)cc1. The molecule has 3 rings (SSSR count). The summed E-state index contributed by atoms with van der Waals surface area (Å²) in [7, 11) is 0. The molecule has 0 saturated heterocycles. The van der Waals surface area contributed by atoms with Crippen molar-refractivity contribution in [3.05, 3.63) is 71.7 Å². The van der Waals surface area contributed by atoms with Gasteiger partial charge in [-0.15, -0.1) is 0 Å². The van der Waals surface area contributed by atoms with E-state index in [9.17, 15) is 9.18 Å². The van der Waals surface area contributed by atoms with Gasteiger partial charge in [0, 0.05) is 6.07 Å². The second-order valence-electron chi connectivity index (χ2n) is 5.54. The minimum atomic E-state index is -0.388. The monoisotopic (exact) mass is 340 g/mol. The van der Waals surface area contributed by atoms with Gasteiger partial charge in [-0.2, -0.15) is 0 Å². The van der Waals surface area contributed by atoms with Gasteiger partial charge in [-0.25, -0.2) is 4.39 Å². The highest BCUT2D eigenvalue weighted by Gasteiger charge is 2.11. The molecule has 0 unspecified atom stereocenters. The maximum atomic E-state index is 13.7. The van der Waals surface area contributed by atoms with E-state index in [-0.39, 0.29) is 24.9 Å². The van der Waals surface area contributed by atoms with Crippen molar-refractivity contribution >= 4 is 5.91 Å². The smallest absolute Gasteiger partial charge is 0.258 e. The van der Waals surface area contributed by atoms with Crippen molar-refractivity contribution in [1.82, 2.24) is 10.5 Å². The fraction of sp³-hybridized carbons (Fsp3) is 0.158. The molecule has 1 amide bonds. The number of carbonyl (C=O) groups excluding carboxylic acids is 1. The molecule has 0 aliphatic heterocycles. The number of aryl methyl sites for hydroxylation is 1. The van der Waals surface area contributed by atoms with Gasteiger partial charge in [0.05, 0.1) is 12.1 Å². The first-order chi connectivity index (χ1) is 12.1. The summed E-state index contributed by atoms with van der Waals surface area (Å²) in [5, 5.41) is 6.52. The molecule has 0 saturated carbocycles. The average molecular weight is 340 g/mol. The fourth-order valence-electron chi connectivity index (χ4n) is 2.21. The number of halogens is 1. The second kappa shape index (κ2) is 7.61. The summed E-state index contributed by atoms with van der Waals surface area (Å²) in [5.74, 6) is 0.277. The van der Waals surface area contributed by atoms with Crippen molar-refractivity contribution in [3.8, 4) is 17.1 Å². The van der Waals surface area contributed by atoms with Crippen molar-refractivity contribution in [3.63, 3.8) is 0 Å². The Balaban J connectivity index is 1.51. The molecule has 0 atom stereocenters. The Morgan fingerprint density at radius 1 is 1.20 bits per heavy atom. The molecule has 3 aromatic rings. The third kappa shape index (κ3) is 4.44. The Kier molecular flexibility index (Phi) is 5.09. The van der Waals surface area contributed by atoms with E-state index in [4.69, 9.17) is 9.26 Å².